The smallest absolute Gasteiger partial charge is 0.410 e. The van der Waals surface area contributed by atoms with Crippen molar-refractivity contribution in [3.8, 4) is 17.3 Å². The summed E-state index contributed by atoms with van der Waals surface area (Å²) in [5.41, 5.74) is 2.74. The van der Waals surface area contributed by atoms with Gasteiger partial charge in [-0.2, -0.15) is 10.1 Å². The first kappa shape index (κ1) is 20.1. The molecule has 1 saturated heterocycles. The van der Waals surface area contributed by atoms with Gasteiger partial charge in [-0.15, -0.1) is 0 Å². The van der Waals surface area contributed by atoms with Crippen LogP contribution in [0.1, 0.15) is 33.4 Å². The Morgan fingerprint density at radius 2 is 2.00 bits per heavy atom. The molecule has 0 aliphatic carbocycles. The van der Waals surface area contributed by atoms with E-state index in [-0.39, 0.29) is 12.2 Å². The summed E-state index contributed by atoms with van der Waals surface area (Å²) in [5, 5.41) is 4.41. The number of fused-ring (bicyclic) bond motifs is 1. The van der Waals surface area contributed by atoms with Crippen LogP contribution in [0.5, 0.6) is 5.88 Å². The molecular formula is C20H27N7O3. The summed E-state index contributed by atoms with van der Waals surface area (Å²) in [6.45, 7) is 11.3. The normalized spacial score (nSPS) is 14.8. The van der Waals surface area contributed by atoms with Gasteiger partial charge in [0.1, 0.15) is 23.9 Å². The Kier molecular flexibility index (Phi) is 4.87. The Balaban J connectivity index is 1.54. The largest absolute Gasteiger partial charge is 0.469 e. The molecule has 0 spiro atoms. The predicted molar refractivity (Wildman–Crippen MR) is 110 cm³/mol. The molecule has 4 heterocycles. The lowest BCUT2D eigenvalue weighted by atomic mass is 10.2. The molecule has 3 aromatic rings. The highest BCUT2D eigenvalue weighted by atomic mass is 16.6. The third kappa shape index (κ3) is 3.57. The first-order chi connectivity index (χ1) is 14.2. The number of hydrogen-bond donors (Lipinski definition) is 0. The zero-order chi connectivity index (χ0) is 21.6. The van der Waals surface area contributed by atoms with Crippen molar-refractivity contribution in [3.63, 3.8) is 0 Å². The first-order valence-electron chi connectivity index (χ1n) is 10.0. The molecule has 0 bridgehead atoms. The molecule has 0 N–H and O–H groups in total. The molecule has 0 unspecified atom stereocenters. The summed E-state index contributed by atoms with van der Waals surface area (Å²) in [4.78, 5) is 27.1. The standard InChI is InChI=1S/C20H27N7O3/c1-7-27-12(2)14(8-23-27)16-24-15-17(25(16)6)21-11-22-18(15)29-13-9-26(10-13)19(28)30-20(3,4)5/h8,11,13H,7,9-10H2,1-6H3. The number of ether oxygens (including phenoxy) is 2. The van der Waals surface area contributed by atoms with Gasteiger partial charge in [-0.05, 0) is 34.6 Å². The topological polar surface area (TPSA) is 100 Å². The molecule has 3 aromatic heterocycles. The van der Waals surface area contributed by atoms with Crippen LogP contribution in [-0.2, 0) is 18.3 Å². The fourth-order valence-corrected chi connectivity index (χ4v) is 3.44. The molecule has 0 aromatic carbocycles. The summed E-state index contributed by atoms with van der Waals surface area (Å²) >= 11 is 0. The maximum atomic E-state index is 12.1. The van der Waals surface area contributed by atoms with Crippen LogP contribution in [0.15, 0.2) is 12.5 Å². The van der Waals surface area contributed by atoms with E-state index in [4.69, 9.17) is 14.5 Å². The highest BCUT2D eigenvalue weighted by Gasteiger charge is 2.36. The van der Waals surface area contributed by atoms with E-state index in [1.807, 2.05) is 50.2 Å². The van der Waals surface area contributed by atoms with Gasteiger partial charge in [0.2, 0.25) is 5.88 Å². The second-order valence-electron chi connectivity index (χ2n) is 8.43. The van der Waals surface area contributed by atoms with E-state index >= 15 is 0 Å². The molecule has 0 saturated carbocycles. The highest BCUT2D eigenvalue weighted by molar-refractivity contribution is 5.81. The number of nitrogens with zero attached hydrogens (tertiary/aromatic N) is 7. The number of rotatable bonds is 4. The van der Waals surface area contributed by atoms with Gasteiger partial charge < -0.3 is 18.9 Å². The highest BCUT2D eigenvalue weighted by Crippen LogP contribution is 2.30. The van der Waals surface area contributed by atoms with Crippen LogP contribution >= 0.6 is 0 Å². The fourth-order valence-electron chi connectivity index (χ4n) is 3.44. The number of carbonyl (C=O) groups is 1. The Bertz CT molecular complexity index is 1090. The molecule has 1 aliphatic heterocycles. The lowest BCUT2D eigenvalue weighted by molar-refractivity contribution is -0.0228. The minimum absolute atomic E-state index is 0.161. The van der Waals surface area contributed by atoms with Crippen LogP contribution in [0.25, 0.3) is 22.6 Å². The number of carbonyl (C=O) groups excluding carboxylic acids is 1. The monoisotopic (exact) mass is 413 g/mol. The van der Waals surface area contributed by atoms with Gasteiger partial charge in [0.05, 0.1) is 24.8 Å². The summed E-state index contributed by atoms with van der Waals surface area (Å²) in [7, 11) is 1.91. The summed E-state index contributed by atoms with van der Waals surface area (Å²) in [5.74, 6) is 1.17. The van der Waals surface area contributed by atoms with Crippen molar-refractivity contribution in [2.45, 2.75) is 52.9 Å². The molecule has 0 atom stereocenters. The maximum Gasteiger partial charge on any atom is 0.410 e. The molecule has 10 nitrogen and oxygen atoms in total. The number of aryl methyl sites for hydroxylation is 2. The molecule has 0 radical (unpaired) electrons. The Hall–Kier alpha value is -3.17. The average molecular weight is 413 g/mol. The van der Waals surface area contributed by atoms with Crippen LogP contribution < -0.4 is 4.74 Å². The molecule has 1 amide bonds. The molecule has 10 heteroatoms. The summed E-state index contributed by atoms with van der Waals surface area (Å²) < 4.78 is 15.3. The van der Waals surface area contributed by atoms with Crippen molar-refractivity contribution in [2.24, 2.45) is 7.05 Å². The molecule has 4 rings (SSSR count). The Morgan fingerprint density at radius 1 is 1.27 bits per heavy atom. The van der Waals surface area contributed by atoms with Crippen molar-refractivity contribution in [1.29, 1.82) is 0 Å². The van der Waals surface area contributed by atoms with E-state index < -0.39 is 5.60 Å². The van der Waals surface area contributed by atoms with Gasteiger partial charge in [0, 0.05) is 19.3 Å². The molecule has 30 heavy (non-hydrogen) atoms. The SMILES string of the molecule is CCn1ncc(-c2nc3c(OC4CN(C(=O)OC(C)(C)C)C4)ncnc3n2C)c1C. The van der Waals surface area contributed by atoms with Gasteiger partial charge in [0.15, 0.2) is 11.2 Å². The Labute approximate surface area is 174 Å². The minimum atomic E-state index is -0.518. The second-order valence-corrected chi connectivity index (χ2v) is 8.43. The van der Waals surface area contributed by atoms with Crippen LogP contribution in [0.3, 0.4) is 0 Å². The van der Waals surface area contributed by atoms with Crippen LogP contribution in [0, 0.1) is 6.92 Å². The average Bonchev–Trinajstić information content (AvgIpc) is 3.16. The zero-order valence-corrected chi connectivity index (χ0v) is 18.2. The van der Waals surface area contributed by atoms with Crippen molar-refractivity contribution in [1.82, 2.24) is 34.2 Å². The van der Waals surface area contributed by atoms with Crippen molar-refractivity contribution >= 4 is 17.3 Å². The van der Waals surface area contributed by atoms with Gasteiger partial charge in [-0.25, -0.2) is 14.8 Å². The van der Waals surface area contributed by atoms with Crippen molar-refractivity contribution in [3.05, 3.63) is 18.2 Å². The lowest BCUT2D eigenvalue weighted by Gasteiger charge is -2.39. The molecule has 1 aliphatic rings. The van der Waals surface area contributed by atoms with Gasteiger partial charge >= 0.3 is 6.09 Å². The molecule has 160 valence electrons. The van der Waals surface area contributed by atoms with E-state index in [0.717, 1.165) is 23.6 Å². The Morgan fingerprint density at radius 3 is 2.63 bits per heavy atom. The maximum absolute atomic E-state index is 12.1. The second kappa shape index (κ2) is 7.26. The van der Waals surface area contributed by atoms with E-state index in [1.54, 1.807) is 4.90 Å². The number of aromatic nitrogens is 6. The quantitative estimate of drug-likeness (QED) is 0.648. The van der Waals surface area contributed by atoms with E-state index in [2.05, 4.69) is 22.0 Å². The van der Waals surface area contributed by atoms with Gasteiger partial charge in [-0.3, -0.25) is 4.68 Å². The first-order valence-corrected chi connectivity index (χ1v) is 10.0. The van der Waals surface area contributed by atoms with Crippen molar-refractivity contribution < 1.29 is 14.3 Å². The van der Waals surface area contributed by atoms with E-state index in [0.29, 0.717) is 30.1 Å². The number of imidazole rings is 1. The van der Waals surface area contributed by atoms with Crippen LogP contribution in [0.2, 0.25) is 0 Å². The summed E-state index contributed by atoms with van der Waals surface area (Å²) in [6.07, 6.45) is 2.79. The number of likely N-dealkylation sites (tertiary alicyclic amines) is 1. The van der Waals surface area contributed by atoms with Gasteiger partial charge in [-0.1, -0.05) is 0 Å². The zero-order valence-electron chi connectivity index (χ0n) is 18.2. The lowest BCUT2D eigenvalue weighted by Crippen LogP contribution is -2.57. The summed E-state index contributed by atoms with van der Waals surface area (Å²) in [6, 6.07) is 0. The predicted octanol–water partition coefficient (Wildman–Crippen LogP) is 2.55. The third-order valence-electron chi connectivity index (χ3n) is 5.04. The molecular weight excluding hydrogens is 386 g/mol. The van der Waals surface area contributed by atoms with Crippen LogP contribution in [0.4, 0.5) is 4.79 Å². The third-order valence-corrected chi connectivity index (χ3v) is 5.04. The van der Waals surface area contributed by atoms with Crippen molar-refractivity contribution in [2.75, 3.05) is 13.1 Å². The number of hydrogen-bond acceptors (Lipinski definition) is 7. The van der Waals surface area contributed by atoms with Gasteiger partial charge in [0.25, 0.3) is 0 Å². The van der Waals surface area contributed by atoms with E-state index in [9.17, 15) is 4.79 Å². The number of amides is 1. The minimum Gasteiger partial charge on any atom is -0.469 e. The fraction of sp³-hybridized carbons (Fsp3) is 0.550. The van der Waals surface area contributed by atoms with E-state index in [1.165, 1.54) is 6.33 Å². The molecule has 1 fully saturated rings. The van der Waals surface area contributed by atoms with Crippen LogP contribution in [-0.4, -0.2) is 65.1 Å².